The summed E-state index contributed by atoms with van der Waals surface area (Å²) in [7, 11) is 4.19. The molecular weight excluding hydrogens is 252 g/mol. The molecule has 4 heteroatoms. The number of hydrogen-bond donors (Lipinski definition) is 0. The van der Waals surface area contributed by atoms with Crippen LogP contribution in [0.25, 0.3) is 0 Å². The van der Waals surface area contributed by atoms with Crippen molar-refractivity contribution in [2.75, 3.05) is 33.7 Å². The molecule has 2 atom stereocenters. The fourth-order valence-electron chi connectivity index (χ4n) is 3.82. The summed E-state index contributed by atoms with van der Waals surface area (Å²) in [5.41, 5.74) is -0.550. The predicted octanol–water partition coefficient (Wildman–Crippen LogP) is 1.79. The zero-order chi connectivity index (χ0) is 15.1. The highest BCUT2D eigenvalue weighted by Crippen LogP contribution is 2.43. The average Bonchev–Trinajstić information content (AvgIpc) is 2.43. The van der Waals surface area contributed by atoms with Gasteiger partial charge in [-0.2, -0.15) is 0 Å². The topological polar surface area (TPSA) is 32.8 Å². The maximum Gasteiger partial charge on any atom is 0.157 e. The number of carbonyl (C=O) groups excluding carboxylic acids is 1. The SMILES string of the molecule is CN1CCCN(C)C(C(=O)C2CC(C)(C)OC2(C)C)C1. The lowest BCUT2D eigenvalue weighted by molar-refractivity contribution is -0.134. The minimum Gasteiger partial charge on any atom is -0.369 e. The van der Waals surface area contributed by atoms with Gasteiger partial charge in [0.05, 0.1) is 23.2 Å². The quantitative estimate of drug-likeness (QED) is 0.773. The minimum absolute atomic E-state index is 0.00329. The van der Waals surface area contributed by atoms with E-state index in [1.54, 1.807) is 0 Å². The van der Waals surface area contributed by atoms with Crippen molar-refractivity contribution in [1.82, 2.24) is 9.80 Å². The zero-order valence-corrected chi connectivity index (χ0v) is 13.9. The summed E-state index contributed by atoms with van der Waals surface area (Å²) in [6.07, 6.45) is 1.96. The second kappa shape index (κ2) is 5.39. The van der Waals surface area contributed by atoms with E-state index in [1.807, 2.05) is 0 Å². The summed E-state index contributed by atoms with van der Waals surface area (Å²) >= 11 is 0. The van der Waals surface area contributed by atoms with E-state index >= 15 is 0 Å². The van der Waals surface area contributed by atoms with Crippen LogP contribution in [0, 0.1) is 5.92 Å². The molecule has 0 saturated carbocycles. The molecule has 4 nitrogen and oxygen atoms in total. The highest BCUT2D eigenvalue weighted by atomic mass is 16.5. The standard InChI is InChI=1S/C16H30N2O2/c1-15(2)10-12(16(3,4)20-15)14(19)13-11-17(5)8-7-9-18(13)6/h12-13H,7-11H2,1-6H3. The monoisotopic (exact) mass is 282 g/mol. The van der Waals surface area contributed by atoms with Crippen molar-refractivity contribution in [2.24, 2.45) is 5.92 Å². The molecule has 20 heavy (non-hydrogen) atoms. The molecule has 0 N–H and O–H groups in total. The van der Waals surface area contributed by atoms with Crippen molar-refractivity contribution in [1.29, 1.82) is 0 Å². The van der Waals surface area contributed by atoms with Crippen LogP contribution in [0.3, 0.4) is 0 Å². The number of carbonyl (C=O) groups is 1. The van der Waals surface area contributed by atoms with Crippen LogP contribution in [0.2, 0.25) is 0 Å². The number of ether oxygens (including phenoxy) is 1. The molecular formula is C16H30N2O2. The number of likely N-dealkylation sites (N-methyl/N-ethyl adjacent to an activating group) is 2. The van der Waals surface area contributed by atoms with E-state index in [2.05, 4.69) is 51.6 Å². The number of Topliss-reactive ketones (excluding diaryl/α,β-unsaturated/α-hetero) is 1. The van der Waals surface area contributed by atoms with Crippen molar-refractivity contribution >= 4 is 5.78 Å². The molecule has 0 aromatic carbocycles. The summed E-state index contributed by atoms with van der Waals surface area (Å²) in [5.74, 6) is 0.355. The second-order valence-corrected chi connectivity index (χ2v) is 7.74. The highest BCUT2D eigenvalue weighted by Gasteiger charge is 2.51. The molecule has 2 rings (SSSR count). The molecule has 2 heterocycles. The third-order valence-corrected chi connectivity index (χ3v) is 4.81. The van der Waals surface area contributed by atoms with Crippen LogP contribution in [-0.4, -0.2) is 66.6 Å². The van der Waals surface area contributed by atoms with Crippen molar-refractivity contribution in [3.63, 3.8) is 0 Å². The molecule has 0 radical (unpaired) electrons. The number of nitrogens with zero attached hydrogens (tertiary/aromatic N) is 2. The van der Waals surface area contributed by atoms with E-state index < -0.39 is 0 Å². The highest BCUT2D eigenvalue weighted by molar-refractivity contribution is 5.88. The van der Waals surface area contributed by atoms with Crippen molar-refractivity contribution < 1.29 is 9.53 Å². The molecule has 0 aliphatic carbocycles. The van der Waals surface area contributed by atoms with Gasteiger partial charge in [0, 0.05) is 6.54 Å². The summed E-state index contributed by atoms with van der Waals surface area (Å²) in [6.45, 7) is 11.2. The van der Waals surface area contributed by atoms with Crippen molar-refractivity contribution in [3.8, 4) is 0 Å². The fourth-order valence-corrected chi connectivity index (χ4v) is 3.82. The van der Waals surface area contributed by atoms with Crippen LogP contribution >= 0.6 is 0 Å². The molecule has 2 unspecified atom stereocenters. The van der Waals surface area contributed by atoms with Crippen LogP contribution < -0.4 is 0 Å². The molecule has 2 saturated heterocycles. The summed E-state index contributed by atoms with van der Waals surface area (Å²) in [5, 5.41) is 0. The molecule has 2 fully saturated rings. The van der Waals surface area contributed by atoms with Gasteiger partial charge in [-0.05, 0) is 67.7 Å². The molecule has 0 aromatic heterocycles. The van der Waals surface area contributed by atoms with Crippen LogP contribution in [0.1, 0.15) is 40.5 Å². The average molecular weight is 282 g/mol. The zero-order valence-electron chi connectivity index (χ0n) is 13.9. The Morgan fingerprint density at radius 3 is 2.35 bits per heavy atom. The smallest absolute Gasteiger partial charge is 0.157 e. The van der Waals surface area contributed by atoms with E-state index in [0.717, 1.165) is 32.5 Å². The first-order valence-corrected chi connectivity index (χ1v) is 7.75. The Hall–Kier alpha value is -0.450. The fraction of sp³-hybridized carbons (Fsp3) is 0.938. The van der Waals surface area contributed by atoms with Gasteiger partial charge in [-0.15, -0.1) is 0 Å². The molecule has 116 valence electrons. The minimum atomic E-state index is -0.355. The third kappa shape index (κ3) is 3.23. The molecule has 0 aromatic rings. The van der Waals surface area contributed by atoms with Gasteiger partial charge in [0.15, 0.2) is 5.78 Å². The van der Waals surface area contributed by atoms with Crippen molar-refractivity contribution in [2.45, 2.75) is 57.8 Å². The van der Waals surface area contributed by atoms with Gasteiger partial charge in [0.2, 0.25) is 0 Å². The van der Waals surface area contributed by atoms with Gasteiger partial charge in [-0.25, -0.2) is 0 Å². The van der Waals surface area contributed by atoms with Gasteiger partial charge in [0.1, 0.15) is 0 Å². The second-order valence-electron chi connectivity index (χ2n) is 7.74. The largest absolute Gasteiger partial charge is 0.369 e. The van der Waals surface area contributed by atoms with E-state index in [9.17, 15) is 4.79 Å². The lowest BCUT2D eigenvalue weighted by Crippen LogP contribution is -2.49. The molecule has 0 amide bonds. The Bertz CT molecular complexity index is 379. The number of rotatable bonds is 2. The van der Waals surface area contributed by atoms with Gasteiger partial charge in [-0.1, -0.05) is 0 Å². The molecule has 0 bridgehead atoms. The Balaban J connectivity index is 2.17. The number of ketones is 1. The van der Waals surface area contributed by atoms with Gasteiger partial charge in [-0.3, -0.25) is 9.69 Å². The van der Waals surface area contributed by atoms with Crippen LogP contribution in [-0.2, 0) is 9.53 Å². The molecule has 2 aliphatic heterocycles. The Morgan fingerprint density at radius 1 is 1.15 bits per heavy atom. The third-order valence-electron chi connectivity index (χ3n) is 4.81. The number of hydrogen-bond acceptors (Lipinski definition) is 4. The van der Waals surface area contributed by atoms with Gasteiger partial charge < -0.3 is 9.64 Å². The Kier molecular flexibility index (Phi) is 4.30. The predicted molar refractivity (Wildman–Crippen MR) is 80.9 cm³/mol. The van der Waals surface area contributed by atoms with Crippen LogP contribution in [0.15, 0.2) is 0 Å². The first-order chi connectivity index (χ1) is 9.12. The van der Waals surface area contributed by atoms with E-state index in [-0.39, 0.29) is 23.2 Å². The summed E-state index contributed by atoms with van der Waals surface area (Å²) in [6, 6.07) is 0.00396. The first-order valence-electron chi connectivity index (χ1n) is 7.75. The lowest BCUT2D eigenvalue weighted by atomic mass is 9.81. The van der Waals surface area contributed by atoms with Gasteiger partial charge >= 0.3 is 0 Å². The summed E-state index contributed by atoms with van der Waals surface area (Å²) < 4.78 is 6.10. The normalized spacial score (nSPS) is 34.9. The van der Waals surface area contributed by atoms with E-state index in [1.165, 1.54) is 0 Å². The van der Waals surface area contributed by atoms with Crippen LogP contribution in [0.4, 0.5) is 0 Å². The lowest BCUT2D eigenvalue weighted by Gasteiger charge is -2.32. The van der Waals surface area contributed by atoms with E-state index in [4.69, 9.17) is 4.74 Å². The first kappa shape index (κ1) is 15.9. The van der Waals surface area contributed by atoms with E-state index in [0.29, 0.717) is 5.78 Å². The van der Waals surface area contributed by atoms with Crippen LogP contribution in [0.5, 0.6) is 0 Å². The maximum atomic E-state index is 13.1. The molecule has 2 aliphatic rings. The summed E-state index contributed by atoms with van der Waals surface area (Å²) in [4.78, 5) is 17.6. The van der Waals surface area contributed by atoms with Crippen molar-refractivity contribution in [3.05, 3.63) is 0 Å². The molecule has 0 spiro atoms. The Morgan fingerprint density at radius 2 is 1.80 bits per heavy atom. The Labute approximate surface area is 123 Å². The maximum absolute atomic E-state index is 13.1. The van der Waals surface area contributed by atoms with Gasteiger partial charge in [0.25, 0.3) is 0 Å².